The summed E-state index contributed by atoms with van der Waals surface area (Å²) in [5.41, 5.74) is 0.814. The number of esters is 1. The van der Waals surface area contributed by atoms with Gasteiger partial charge >= 0.3 is 5.97 Å². The minimum absolute atomic E-state index is 0.0463. The van der Waals surface area contributed by atoms with Gasteiger partial charge in [0.25, 0.3) is 0 Å². The van der Waals surface area contributed by atoms with Crippen LogP contribution in [0.5, 0.6) is 0 Å². The summed E-state index contributed by atoms with van der Waals surface area (Å²) in [5, 5.41) is 0. The zero-order valence-corrected chi connectivity index (χ0v) is 16.7. The Morgan fingerprint density at radius 3 is 2.63 bits per heavy atom. The number of amides is 2. The van der Waals surface area contributed by atoms with Crippen molar-refractivity contribution in [3.05, 3.63) is 24.3 Å². The van der Waals surface area contributed by atoms with Gasteiger partial charge in [-0.15, -0.1) is 11.8 Å². The molecule has 6 nitrogen and oxygen atoms in total. The molecule has 0 N–H and O–H groups in total. The lowest BCUT2D eigenvalue weighted by Gasteiger charge is -2.35. The fraction of sp³-hybridized carbons (Fsp3) is 0.550. The van der Waals surface area contributed by atoms with E-state index in [1.54, 1.807) is 28.5 Å². The van der Waals surface area contributed by atoms with E-state index in [0.717, 1.165) is 23.4 Å². The zero-order chi connectivity index (χ0) is 19.4. The van der Waals surface area contributed by atoms with Gasteiger partial charge in [-0.05, 0) is 56.7 Å². The average Bonchev–Trinajstić information content (AvgIpc) is 3.09. The monoisotopic (exact) mass is 390 g/mol. The van der Waals surface area contributed by atoms with Gasteiger partial charge in [0.15, 0.2) is 0 Å². The average molecular weight is 391 g/mol. The third kappa shape index (κ3) is 4.29. The van der Waals surface area contributed by atoms with Crippen LogP contribution in [0.2, 0.25) is 0 Å². The number of carbonyl (C=O) groups is 3. The van der Waals surface area contributed by atoms with Crippen molar-refractivity contribution >= 4 is 35.2 Å². The van der Waals surface area contributed by atoms with Gasteiger partial charge in [0.05, 0.1) is 12.5 Å². The van der Waals surface area contributed by atoms with Gasteiger partial charge in [-0.3, -0.25) is 9.59 Å². The van der Waals surface area contributed by atoms with Crippen LogP contribution in [-0.2, 0) is 19.1 Å². The van der Waals surface area contributed by atoms with Gasteiger partial charge in [-0.2, -0.15) is 0 Å². The molecule has 0 aromatic heterocycles. The number of thioether (sulfide) groups is 1. The summed E-state index contributed by atoms with van der Waals surface area (Å²) in [6, 6.07) is 7.27. The van der Waals surface area contributed by atoms with Crippen LogP contribution >= 0.6 is 11.8 Å². The lowest BCUT2D eigenvalue weighted by atomic mass is 9.98. The molecule has 7 heteroatoms. The van der Waals surface area contributed by atoms with Crippen molar-refractivity contribution in [1.82, 2.24) is 4.90 Å². The summed E-state index contributed by atoms with van der Waals surface area (Å²) >= 11 is 1.64. The highest BCUT2D eigenvalue weighted by Gasteiger charge is 2.41. The van der Waals surface area contributed by atoms with Crippen molar-refractivity contribution in [2.75, 3.05) is 30.9 Å². The van der Waals surface area contributed by atoms with E-state index in [1.165, 1.54) is 0 Å². The first kappa shape index (κ1) is 19.7. The maximum atomic E-state index is 13.1. The first-order chi connectivity index (χ1) is 13.0. The molecule has 3 rings (SSSR count). The van der Waals surface area contributed by atoms with Crippen LogP contribution in [0.4, 0.5) is 5.69 Å². The second-order valence-corrected chi connectivity index (χ2v) is 7.78. The largest absolute Gasteiger partial charge is 0.464 e. The molecule has 2 heterocycles. The van der Waals surface area contributed by atoms with Crippen molar-refractivity contribution in [2.45, 2.75) is 43.5 Å². The number of hydrogen-bond donors (Lipinski definition) is 0. The van der Waals surface area contributed by atoms with E-state index < -0.39 is 12.0 Å². The second-order valence-electron chi connectivity index (χ2n) is 6.90. The minimum Gasteiger partial charge on any atom is -0.464 e. The molecule has 1 aromatic carbocycles. The highest BCUT2D eigenvalue weighted by Crippen LogP contribution is 2.30. The van der Waals surface area contributed by atoms with E-state index in [0.29, 0.717) is 26.1 Å². The number of likely N-dealkylation sites (tertiary alicyclic amines) is 1. The topological polar surface area (TPSA) is 66.9 Å². The van der Waals surface area contributed by atoms with E-state index in [4.69, 9.17) is 4.74 Å². The van der Waals surface area contributed by atoms with Gasteiger partial charge in [-0.1, -0.05) is 0 Å². The number of nitrogens with zero attached hydrogens (tertiary/aromatic N) is 2. The summed E-state index contributed by atoms with van der Waals surface area (Å²) in [7, 11) is 0. The molecule has 27 heavy (non-hydrogen) atoms. The number of carbonyl (C=O) groups excluding carboxylic acids is 3. The quantitative estimate of drug-likeness (QED) is 0.571. The Bertz CT molecular complexity index is 706. The van der Waals surface area contributed by atoms with Crippen LogP contribution in [-0.4, -0.2) is 54.7 Å². The predicted molar refractivity (Wildman–Crippen MR) is 105 cm³/mol. The fourth-order valence-electron chi connectivity index (χ4n) is 3.80. The Hall–Kier alpha value is -2.02. The van der Waals surface area contributed by atoms with Gasteiger partial charge in [0.2, 0.25) is 11.8 Å². The molecule has 0 radical (unpaired) electrons. The Balaban J connectivity index is 1.71. The smallest absolute Gasteiger partial charge is 0.328 e. The molecule has 0 saturated carbocycles. The van der Waals surface area contributed by atoms with Crippen molar-refractivity contribution in [3.8, 4) is 0 Å². The van der Waals surface area contributed by atoms with Gasteiger partial charge in [0.1, 0.15) is 6.04 Å². The molecular weight excluding hydrogens is 364 g/mol. The van der Waals surface area contributed by atoms with Crippen LogP contribution < -0.4 is 4.90 Å². The maximum Gasteiger partial charge on any atom is 0.328 e. The molecule has 2 aliphatic rings. The van der Waals surface area contributed by atoms with Gasteiger partial charge in [-0.25, -0.2) is 4.79 Å². The Morgan fingerprint density at radius 2 is 1.96 bits per heavy atom. The van der Waals surface area contributed by atoms with Crippen LogP contribution in [0, 0.1) is 5.92 Å². The standard InChI is InChI=1S/C20H26N2O4S/c1-3-26-20(25)17-6-4-5-11-21(17)19(24)14-12-18(23)22(13-14)15-7-9-16(27-2)10-8-15/h7-10,14,17H,3-6,11-13H2,1-2H3. The first-order valence-electron chi connectivity index (χ1n) is 9.46. The van der Waals surface area contributed by atoms with Crippen LogP contribution in [0.3, 0.4) is 0 Å². The Kier molecular flexibility index (Phi) is 6.42. The lowest BCUT2D eigenvalue weighted by molar-refractivity contribution is -0.158. The highest BCUT2D eigenvalue weighted by molar-refractivity contribution is 7.98. The summed E-state index contributed by atoms with van der Waals surface area (Å²) < 4.78 is 5.15. The third-order valence-corrected chi connectivity index (χ3v) is 5.95. The summed E-state index contributed by atoms with van der Waals surface area (Å²) in [4.78, 5) is 42.3. The van der Waals surface area contributed by atoms with E-state index in [9.17, 15) is 14.4 Å². The SMILES string of the molecule is CCOC(=O)C1CCCCN1C(=O)C1CC(=O)N(c2ccc(SC)cc2)C1. The molecule has 2 atom stereocenters. The van der Waals surface area contributed by atoms with Gasteiger partial charge < -0.3 is 14.5 Å². The van der Waals surface area contributed by atoms with Crippen molar-refractivity contribution in [1.29, 1.82) is 0 Å². The summed E-state index contributed by atoms with van der Waals surface area (Å²) in [6.45, 7) is 2.99. The molecular formula is C20H26N2O4S. The van der Waals surface area contributed by atoms with Crippen LogP contribution in [0.15, 0.2) is 29.2 Å². The molecule has 2 unspecified atom stereocenters. The number of hydrogen-bond acceptors (Lipinski definition) is 5. The van der Waals surface area contributed by atoms with Crippen molar-refractivity contribution < 1.29 is 19.1 Å². The summed E-state index contributed by atoms with van der Waals surface area (Å²) in [5.74, 6) is -0.897. The number of ether oxygens (including phenoxy) is 1. The van der Waals surface area contributed by atoms with E-state index in [-0.39, 0.29) is 24.2 Å². The normalized spacial score (nSPS) is 22.8. The third-order valence-electron chi connectivity index (χ3n) is 5.20. The number of benzene rings is 1. The number of piperidine rings is 1. The zero-order valence-electron chi connectivity index (χ0n) is 15.8. The Labute approximate surface area is 164 Å². The molecule has 1 aromatic rings. The molecule has 2 amide bonds. The van der Waals surface area contributed by atoms with Crippen molar-refractivity contribution in [3.63, 3.8) is 0 Å². The molecule has 0 spiro atoms. The molecule has 0 bridgehead atoms. The van der Waals surface area contributed by atoms with Crippen LogP contribution in [0.1, 0.15) is 32.6 Å². The highest BCUT2D eigenvalue weighted by atomic mass is 32.2. The second kappa shape index (κ2) is 8.78. The molecule has 2 saturated heterocycles. The number of rotatable bonds is 5. The number of anilines is 1. The van der Waals surface area contributed by atoms with E-state index in [2.05, 4.69) is 0 Å². The first-order valence-corrected chi connectivity index (χ1v) is 10.7. The predicted octanol–water partition coefficient (Wildman–Crippen LogP) is 2.71. The molecule has 0 aliphatic carbocycles. The minimum atomic E-state index is -0.517. The van der Waals surface area contributed by atoms with E-state index >= 15 is 0 Å². The summed E-state index contributed by atoms with van der Waals surface area (Å²) in [6.07, 6.45) is 4.61. The maximum absolute atomic E-state index is 13.1. The lowest BCUT2D eigenvalue weighted by Crippen LogP contribution is -2.51. The molecule has 146 valence electrons. The van der Waals surface area contributed by atoms with Crippen LogP contribution in [0.25, 0.3) is 0 Å². The molecule has 2 aliphatic heterocycles. The van der Waals surface area contributed by atoms with Gasteiger partial charge in [0, 0.05) is 30.1 Å². The Morgan fingerprint density at radius 1 is 1.22 bits per heavy atom. The van der Waals surface area contributed by atoms with E-state index in [1.807, 2.05) is 30.5 Å². The van der Waals surface area contributed by atoms with Crippen molar-refractivity contribution in [2.24, 2.45) is 5.92 Å². The molecule has 2 fully saturated rings. The fourth-order valence-corrected chi connectivity index (χ4v) is 4.21.